The number of piperidine rings is 1. The monoisotopic (exact) mass is 497 g/mol. The SMILES string of the molecule is CCC(=O)NC(CCN1CCC2(CC1)CCN(Cc1ccc(OC)cc1)C2=O)c1cccc(Cl)c1. The number of carbonyl (C=O) groups is 2. The Balaban J connectivity index is 1.31. The molecule has 0 aliphatic carbocycles. The summed E-state index contributed by atoms with van der Waals surface area (Å²) in [6, 6.07) is 15.6. The first-order valence-electron chi connectivity index (χ1n) is 12.6. The molecule has 0 aromatic heterocycles. The Hall–Kier alpha value is -2.57. The average molecular weight is 498 g/mol. The maximum absolute atomic E-state index is 13.4. The normalized spacial score (nSPS) is 18.6. The van der Waals surface area contributed by atoms with Crippen molar-refractivity contribution in [2.45, 2.75) is 51.6 Å². The third-order valence-corrected chi connectivity index (χ3v) is 7.82. The van der Waals surface area contributed by atoms with Crippen molar-refractivity contribution >= 4 is 23.4 Å². The molecular weight excluding hydrogens is 462 g/mol. The van der Waals surface area contributed by atoms with Crippen molar-refractivity contribution in [2.24, 2.45) is 5.41 Å². The molecule has 1 N–H and O–H groups in total. The summed E-state index contributed by atoms with van der Waals surface area (Å²) >= 11 is 6.20. The van der Waals surface area contributed by atoms with Crippen molar-refractivity contribution in [3.63, 3.8) is 0 Å². The second kappa shape index (κ2) is 11.4. The van der Waals surface area contributed by atoms with E-state index < -0.39 is 0 Å². The highest BCUT2D eigenvalue weighted by Gasteiger charge is 2.47. The summed E-state index contributed by atoms with van der Waals surface area (Å²) in [6.07, 6.45) is 4.00. The van der Waals surface area contributed by atoms with E-state index in [1.54, 1.807) is 7.11 Å². The molecule has 4 rings (SSSR count). The first-order chi connectivity index (χ1) is 16.9. The largest absolute Gasteiger partial charge is 0.497 e. The first kappa shape index (κ1) is 25.5. The Morgan fingerprint density at radius 2 is 1.83 bits per heavy atom. The molecule has 1 unspecified atom stereocenters. The van der Waals surface area contributed by atoms with E-state index in [0.717, 1.165) is 68.7 Å². The molecule has 2 amide bonds. The van der Waals surface area contributed by atoms with E-state index in [2.05, 4.69) is 10.2 Å². The minimum absolute atomic E-state index is 0.0427. The van der Waals surface area contributed by atoms with Gasteiger partial charge in [0, 0.05) is 31.1 Å². The van der Waals surface area contributed by atoms with Gasteiger partial charge in [-0.1, -0.05) is 42.8 Å². The number of rotatable bonds is 9. The molecule has 2 aromatic rings. The number of hydrogen-bond donors (Lipinski definition) is 1. The third-order valence-electron chi connectivity index (χ3n) is 7.59. The van der Waals surface area contributed by atoms with Crippen LogP contribution in [0.1, 0.15) is 56.2 Å². The minimum atomic E-state index is -0.217. The van der Waals surface area contributed by atoms with Gasteiger partial charge in [-0.2, -0.15) is 0 Å². The predicted octanol–water partition coefficient (Wildman–Crippen LogP) is 4.82. The molecule has 2 aliphatic rings. The molecule has 1 spiro atoms. The number of likely N-dealkylation sites (tertiary alicyclic amines) is 2. The zero-order chi connectivity index (χ0) is 24.8. The second-order valence-corrected chi connectivity index (χ2v) is 10.2. The summed E-state index contributed by atoms with van der Waals surface area (Å²) in [5.41, 5.74) is 1.95. The number of benzene rings is 2. The molecule has 2 saturated heterocycles. The fraction of sp³-hybridized carbons (Fsp3) is 0.500. The number of methoxy groups -OCH3 is 1. The fourth-order valence-electron chi connectivity index (χ4n) is 5.32. The topological polar surface area (TPSA) is 61.9 Å². The molecule has 188 valence electrons. The summed E-state index contributed by atoms with van der Waals surface area (Å²) in [6.45, 7) is 6.04. The van der Waals surface area contributed by atoms with E-state index in [0.29, 0.717) is 23.9 Å². The van der Waals surface area contributed by atoms with Crippen LogP contribution < -0.4 is 10.1 Å². The number of nitrogens with zero attached hydrogens (tertiary/aromatic N) is 2. The van der Waals surface area contributed by atoms with Gasteiger partial charge in [-0.05, 0) is 74.2 Å². The molecule has 0 radical (unpaired) electrons. The van der Waals surface area contributed by atoms with Gasteiger partial charge in [-0.3, -0.25) is 9.59 Å². The smallest absolute Gasteiger partial charge is 0.229 e. The van der Waals surface area contributed by atoms with Crippen LogP contribution in [-0.4, -0.2) is 54.9 Å². The summed E-state index contributed by atoms with van der Waals surface area (Å²) < 4.78 is 5.24. The van der Waals surface area contributed by atoms with Gasteiger partial charge in [-0.25, -0.2) is 0 Å². The lowest BCUT2D eigenvalue weighted by Crippen LogP contribution is -2.45. The van der Waals surface area contributed by atoms with Gasteiger partial charge >= 0.3 is 0 Å². The summed E-state index contributed by atoms with van der Waals surface area (Å²) in [5.74, 6) is 1.18. The van der Waals surface area contributed by atoms with Crippen LogP contribution in [0.25, 0.3) is 0 Å². The van der Waals surface area contributed by atoms with Crippen molar-refractivity contribution in [2.75, 3.05) is 33.3 Å². The van der Waals surface area contributed by atoms with Gasteiger partial charge < -0.3 is 19.9 Å². The van der Waals surface area contributed by atoms with Crippen LogP contribution >= 0.6 is 11.6 Å². The molecule has 7 heteroatoms. The van der Waals surface area contributed by atoms with Crippen LogP contribution in [0, 0.1) is 5.41 Å². The lowest BCUT2D eigenvalue weighted by molar-refractivity contribution is -0.139. The van der Waals surface area contributed by atoms with Gasteiger partial charge in [0.05, 0.1) is 18.6 Å². The van der Waals surface area contributed by atoms with E-state index in [1.807, 2.05) is 60.4 Å². The molecule has 2 aliphatic heterocycles. The first-order valence-corrected chi connectivity index (χ1v) is 13.0. The Morgan fingerprint density at radius 3 is 2.49 bits per heavy atom. The molecule has 2 heterocycles. The highest BCUT2D eigenvalue weighted by atomic mass is 35.5. The molecule has 35 heavy (non-hydrogen) atoms. The van der Waals surface area contributed by atoms with E-state index in [9.17, 15) is 9.59 Å². The molecular formula is C28H36ClN3O3. The average Bonchev–Trinajstić information content (AvgIpc) is 3.17. The maximum atomic E-state index is 13.4. The Bertz CT molecular complexity index is 1020. The Morgan fingerprint density at radius 1 is 1.11 bits per heavy atom. The number of halogens is 1. The molecule has 0 saturated carbocycles. The van der Waals surface area contributed by atoms with Crippen LogP contribution in [0.2, 0.25) is 5.02 Å². The van der Waals surface area contributed by atoms with E-state index in [4.69, 9.17) is 16.3 Å². The van der Waals surface area contributed by atoms with Gasteiger partial charge in [0.15, 0.2) is 0 Å². The van der Waals surface area contributed by atoms with Crippen molar-refractivity contribution in [3.05, 3.63) is 64.7 Å². The summed E-state index contributed by atoms with van der Waals surface area (Å²) in [5, 5.41) is 3.83. The fourth-order valence-corrected chi connectivity index (χ4v) is 5.52. The number of amides is 2. The van der Waals surface area contributed by atoms with Crippen molar-refractivity contribution < 1.29 is 14.3 Å². The summed E-state index contributed by atoms with van der Waals surface area (Å²) in [7, 11) is 1.66. The lowest BCUT2D eigenvalue weighted by Gasteiger charge is -2.38. The van der Waals surface area contributed by atoms with Crippen LogP contribution in [0.15, 0.2) is 48.5 Å². The Kier molecular flexibility index (Phi) is 8.34. The van der Waals surface area contributed by atoms with E-state index in [1.165, 1.54) is 0 Å². The van der Waals surface area contributed by atoms with Gasteiger partial charge in [0.1, 0.15) is 5.75 Å². The number of carbonyl (C=O) groups excluding carboxylic acids is 2. The minimum Gasteiger partial charge on any atom is -0.497 e. The maximum Gasteiger partial charge on any atom is 0.229 e. The van der Waals surface area contributed by atoms with Crippen molar-refractivity contribution in [1.29, 1.82) is 0 Å². The van der Waals surface area contributed by atoms with Gasteiger partial charge in [-0.15, -0.1) is 0 Å². The van der Waals surface area contributed by atoms with E-state index in [-0.39, 0.29) is 17.4 Å². The van der Waals surface area contributed by atoms with E-state index >= 15 is 0 Å². The lowest BCUT2D eigenvalue weighted by atomic mass is 9.77. The van der Waals surface area contributed by atoms with Crippen LogP contribution in [0.3, 0.4) is 0 Å². The predicted molar refractivity (Wildman–Crippen MR) is 138 cm³/mol. The molecule has 6 nitrogen and oxygen atoms in total. The number of nitrogens with one attached hydrogen (secondary N) is 1. The zero-order valence-electron chi connectivity index (χ0n) is 20.8. The van der Waals surface area contributed by atoms with Crippen molar-refractivity contribution in [3.8, 4) is 5.75 Å². The van der Waals surface area contributed by atoms with Crippen molar-refractivity contribution in [1.82, 2.24) is 15.1 Å². The standard InChI is InChI=1S/C28H36ClN3O3/c1-3-26(33)30-25(22-5-4-6-23(29)19-22)11-15-31-16-12-28(13-17-31)14-18-32(27(28)34)20-21-7-9-24(35-2)10-8-21/h4-10,19,25H,3,11-18,20H2,1-2H3,(H,30,33). The van der Waals surface area contributed by atoms with Gasteiger partial charge in [0.2, 0.25) is 11.8 Å². The quantitative estimate of drug-likeness (QED) is 0.539. The summed E-state index contributed by atoms with van der Waals surface area (Å²) in [4.78, 5) is 30.0. The van der Waals surface area contributed by atoms with Gasteiger partial charge in [0.25, 0.3) is 0 Å². The molecule has 2 aromatic carbocycles. The van der Waals surface area contributed by atoms with Crippen LogP contribution in [0.5, 0.6) is 5.75 Å². The molecule has 0 bridgehead atoms. The molecule has 1 atom stereocenters. The highest BCUT2D eigenvalue weighted by Crippen LogP contribution is 2.42. The Labute approximate surface area is 213 Å². The number of ether oxygens (including phenoxy) is 1. The van der Waals surface area contributed by atoms with Crippen LogP contribution in [0.4, 0.5) is 0 Å². The zero-order valence-corrected chi connectivity index (χ0v) is 21.5. The highest BCUT2D eigenvalue weighted by molar-refractivity contribution is 6.30. The number of hydrogen-bond acceptors (Lipinski definition) is 4. The molecule has 2 fully saturated rings. The van der Waals surface area contributed by atoms with Crippen LogP contribution in [-0.2, 0) is 16.1 Å². The second-order valence-electron chi connectivity index (χ2n) is 9.76. The third kappa shape index (κ3) is 6.17.